The first kappa shape index (κ1) is 21.6. The van der Waals surface area contributed by atoms with Gasteiger partial charge in [0.15, 0.2) is 6.61 Å². The third kappa shape index (κ3) is 4.65. The van der Waals surface area contributed by atoms with Crippen molar-refractivity contribution in [2.75, 3.05) is 6.61 Å². The van der Waals surface area contributed by atoms with Crippen LogP contribution in [0, 0.1) is 11.3 Å². The molecule has 0 saturated carbocycles. The largest absolute Gasteiger partial charge is 0.482 e. The zero-order valence-corrected chi connectivity index (χ0v) is 18.1. The molecule has 8 heteroatoms. The van der Waals surface area contributed by atoms with Gasteiger partial charge in [0.2, 0.25) is 5.88 Å². The van der Waals surface area contributed by atoms with E-state index in [9.17, 15) is 10.1 Å². The van der Waals surface area contributed by atoms with E-state index < -0.39 is 11.9 Å². The monoisotopic (exact) mass is 466 g/mol. The predicted molar refractivity (Wildman–Crippen MR) is 120 cm³/mol. The van der Waals surface area contributed by atoms with Crippen molar-refractivity contribution in [2.24, 2.45) is 5.73 Å². The van der Waals surface area contributed by atoms with Gasteiger partial charge in [-0.15, -0.1) is 0 Å². The van der Waals surface area contributed by atoms with Gasteiger partial charge >= 0.3 is 5.97 Å². The summed E-state index contributed by atoms with van der Waals surface area (Å²) >= 11 is 12.0. The lowest BCUT2D eigenvalue weighted by atomic mass is 9.83. The van der Waals surface area contributed by atoms with Crippen LogP contribution >= 0.6 is 23.2 Å². The number of benzene rings is 3. The number of ether oxygens (including phenoxy) is 3. The van der Waals surface area contributed by atoms with Crippen LogP contribution in [0.3, 0.4) is 0 Å². The predicted octanol–water partition coefficient (Wildman–Crippen LogP) is 5.20. The zero-order chi connectivity index (χ0) is 22.7. The number of halogens is 2. The SMILES string of the molecule is N#CC1=C(N)Oc2cc(OC(=O)COc3cccc(Cl)c3)ccc2C1c1cccc(Cl)c1. The number of allylic oxidation sites excluding steroid dienone is 1. The first-order valence-corrected chi connectivity index (χ1v) is 10.3. The van der Waals surface area contributed by atoms with Gasteiger partial charge in [0.05, 0.1) is 5.92 Å². The van der Waals surface area contributed by atoms with E-state index in [4.69, 9.17) is 43.1 Å². The Hall–Kier alpha value is -3.66. The van der Waals surface area contributed by atoms with Crippen molar-refractivity contribution < 1.29 is 19.0 Å². The molecule has 6 nitrogen and oxygen atoms in total. The van der Waals surface area contributed by atoms with Crippen LogP contribution in [0.25, 0.3) is 0 Å². The molecule has 4 rings (SSSR count). The van der Waals surface area contributed by atoms with E-state index in [-0.39, 0.29) is 23.8 Å². The molecule has 0 bridgehead atoms. The normalized spacial score (nSPS) is 14.7. The van der Waals surface area contributed by atoms with Crippen LogP contribution in [0.4, 0.5) is 0 Å². The molecule has 0 fully saturated rings. The standard InChI is InChI=1S/C24H16Cl2N2O4/c25-15-4-1-3-14(9-15)23-19-8-7-18(11-21(19)32-24(28)20(23)12-27)31-22(29)13-30-17-6-2-5-16(26)10-17/h1-11,23H,13,28H2. The van der Waals surface area contributed by atoms with Crippen LogP contribution in [0.5, 0.6) is 17.2 Å². The van der Waals surface area contributed by atoms with Crippen molar-refractivity contribution in [3.63, 3.8) is 0 Å². The lowest BCUT2D eigenvalue weighted by molar-refractivity contribution is -0.136. The highest BCUT2D eigenvalue weighted by molar-refractivity contribution is 6.31. The molecule has 1 unspecified atom stereocenters. The van der Waals surface area contributed by atoms with E-state index in [1.165, 1.54) is 0 Å². The van der Waals surface area contributed by atoms with Crippen molar-refractivity contribution >= 4 is 29.2 Å². The average Bonchev–Trinajstić information content (AvgIpc) is 2.76. The van der Waals surface area contributed by atoms with Crippen molar-refractivity contribution in [2.45, 2.75) is 5.92 Å². The Kier molecular flexibility index (Phi) is 6.22. The molecule has 160 valence electrons. The topological polar surface area (TPSA) is 94.6 Å². The Bertz CT molecular complexity index is 1270. The maximum Gasteiger partial charge on any atom is 0.349 e. The van der Waals surface area contributed by atoms with Gasteiger partial charge in [0, 0.05) is 21.7 Å². The summed E-state index contributed by atoms with van der Waals surface area (Å²) in [5.74, 6) is 0.00743. The molecule has 0 aromatic heterocycles. The second kappa shape index (κ2) is 9.23. The first-order valence-electron chi connectivity index (χ1n) is 9.50. The maximum atomic E-state index is 12.2. The number of hydrogen-bond acceptors (Lipinski definition) is 6. The Morgan fingerprint density at radius 2 is 1.78 bits per heavy atom. The van der Waals surface area contributed by atoms with Gasteiger partial charge in [-0.25, -0.2) is 4.79 Å². The Labute approximate surface area is 194 Å². The number of carbonyl (C=O) groups excluding carboxylic acids is 1. The fourth-order valence-corrected chi connectivity index (χ4v) is 3.77. The van der Waals surface area contributed by atoms with E-state index >= 15 is 0 Å². The third-order valence-corrected chi connectivity index (χ3v) is 5.23. The Morgan fingerprint density at radius 1 is 1.03 bits per heavy atom. The quantitative estimate of drug-likeness (QED) is 0.410. The smallest absolute Gasteiger partial charge is 0.349 e. The highest BCUT2D eigenvalue weighted by atomic mass is 35.5. The van der Waals surface area contributed by atoms with Gasteiger partial charge in [-0.1, -0.05) is 47.5 Å². The van der Waals surface area contributed by atoms with Gasteiger partial charge in [0.1, 0.15) is 28.9 Å². The summed E-state index contributed by atoms with van der Waals surface area (Å²) in [5, 5.41) is 10.7. The number of nitriles is 1. The summed E-state index contributed by atoms with van der Waals surface area (Å²) in [4.78, 5) is 12.2. The summed E-state index contributed by atoms with van der Waals surface area (Å²) in [7, 11) is 0. The number of nitrogens with two attached hydrogens (primary N) is 1. The lowest BCUT2D eigenvalue weighted by Gasteiger charge is -2.26. The van der Waals surface area contributed by atoms with E-state index in [0.29, 0.717) is 27.1 Å². The van der Waals surface area contributed by atoms with E-state index in [1.807, 2.05) is 6.07 Å². The molecule has 0 amide bonds. The molecule has 32 heavy (non-hydrogen) atoms. The van der Waals surface area contributed by atoms with Crippen LogP contribution < -0.4 is 19.9 Å². The molecule has 3 aromatic carbocycles. The number of hydrogen-bond donors (Lipinski definition) is 1. The van der Waals surface area contributed by atoms with Gasteiger partial charge in [0.25, 0.3) is 0 Å². The summed E-state index contributed by atoms with van der Waals surface area (Å²) < 4.78 is 16.4. The molecular formula is C24H16Cl2N2O4. The molecule has 1 aliphatic rings. The van der Waals surface area contributed by atoms with Gasteiger partial charge in [-0.3, -0.25) is 0 Å². The molecule has 1 heterocycles. The molecule has 0 spiro atoms. The van der Waals surface area contributed by atoms with E-state index in [0.717, 1.165) is 5.56 Å². The Morgan fingerprint density at radius 3 is 2.50 bits per heavy atom. The molecule has 0 saturated heterocycles. The molecule has 3 aromatic rings. The van der Waals surface area contributed by atoms with Crippen molar-refractivity contribution in [3.8, 4) is 23.3 Å². The fourth-order valence-electron chi connectivity index (χ4n) is 3.39. The van der Waals surface area contributed by atoms with Crippen LogP contribution in [0.15, 0.2) is 78.2 Å². The number of carbonyl (C=O) groups is 1. The highest BCUT2D eigenvalue weighted by Crippen LogP contribution is 2.43. The molecule has 0 radical (unpaired) electrons. The Balaban J connectivity index is 1.55. The lowest BCUT2D eigenvalue weighted by Crippen LogP contribution is -2.21. The summed E-state index contributed by atoms with van der Waals surface area (Å²) in [6, 6.07) is 20.9. The summed E-state index contributed by atoms with van der Waals surface area (Å²) in [5.41, 5.74) is 7.78. The number of nitrogens with zero attached hydrogens (tertiary/aromatic N) is 1. The van der Waals surface area contributed by atoms with Crippen LogP contribution in [0.2, 0.25) is 10.0 Å². The minimum absolute atomic E-state index is 0.0160. The van der Waals surface area contributed by atoms with Crippen LogP contribution in [-0.2, 0) is 4.79 Å². The van der Waals surface area contributed by atoms with Gasteiger partial charge < -0.3 is 19.9 Å². The number of rotatable bonds is 5. The average molecular weight is 467 g/mol. The second-order valence-corrected chi connectivity index (χ2v) is 7.77. The van der Waals surface area contributed by atoms with Crippen LogP contribution in [-0.4, -0.2) is 12.6 Å². The van der Waals surface area contributed by atoms with Gasteiger partial charge in [-0.05, 0) is 42.0 Å². The molecule has 0 aliphatic carbocycles. The van der Waals surface area contributed by atoms with Crippen molar-refractivity contribution in [1.29, 1.82) is 5.26 Å². The molecule has 1 atom stereocenters. The van der Waals surface area contributed by atoms with Crippen molar-refractivity contribution in [1.82, 2.24) is 0 Å². The summed E-state index contributed by atoms with van der Waals surface area (Å²) in [6.45, 7) is -0.302. The first-order chi connectivity index (χ1) is 15.4. The molecule has 1 aliphatic heterocycles. The van der Waals surface area contributed by atoms with Crippen molar-refractivity contribution in [3.05, 3.63) is 99.4 Å². The maximum absolute atomic E-state index is 12.2. The second-order valence-electron chi connectivity index (χ2n) is 6.90. The minimum Gasteiger partial charge on any atom is -0.482 e. The van der Waals surface area contributed by atoms with Gasteiger partial charge in [-0.2, -0.15) is 5.26 Å². The number of esters is 1. The third-order valence-electron chi connectivity index (χ3n) is 4.76. The zero-order valence-electron chi connectivity index (χ0n) is 16.5. The summed E-state index contributed by atoms with van der Waals surface area (Å²) in [6.07, 6.45) is 0. The van der Waals surface area contributed by atoms with Crippen LogP contribution in [0.1, 0.15) is 17.0 Å². The fraction of sp³-hybridized carbons (Fsp3) is 0.0833. The molecular weight excluding hydrogens is 451 g/mol. The highest BCUT2D eigenvalue weighted by Gasteiger charge is 2.31. The molecule has 2 N–H and O–H groups in total. The number of fused-ring (bicyclic) bond motifs is 1. The minimum atomic E-state index is -0.603. The van der Waals surface area contributed by atoms with E-state index in [2.05, 4.69) is 6.07 Å². The van der Waals surface area contributed by atoms with E-state index in [1.54, 1.807) is 60.7 Å².